The van der Waals surface area contributed by atoms with Crippen molar-refractivity contribution < 1.29 is 14.3 Å². The Bertz CT molecular complexity index is 689. The van der Waals surface area contributed by atoms with Crippen LogP contribution in [0.5, 0.6) is 0 Å². The average molecular weight is 319 g/mol. The number of amides is 1. The van der Waals surface area contributed by atoms with Crippen LogP contribution in [-0.4, -0.2) is 28.8 Å². The lowest BCUT2D eigenvalue weighted by Gasteiger charge is -2.13. The molecule has 1 aliphatic rings. The first kappa shape index (κ1) is 14.8. The third kappa shape index (κ3) is 2.76. The third-order valence-corrected chi connectivity index (χ3v) is 4.68. The molecule has 0 spiro atoms. The molecule has 116 valence electrons. The van der Waals surface area contributed by atoms with E-state index in [1.807, 2.05) is 5.38 Å². The summed E-state index contributed by atoms with van der Waals surface area (Å²) >= 11 is 1.37. The first-order chi connectivity index (χ1) is 10.6. The first-order valence-electron chi connectivity index (χ1n) is 7.11. The van der Waals surface area contributed by atoms with Crippen molar-refractivity contribution >= 4 is 28.2 Å². The van der Waals surface area contributed by atoms with E-state index < -0.39 is 12.0 Å². The van der Waals surface area contributed by atoms with Gasteiger partial charge in [0, 0.05) is 12.4 Å². The monoisotopic (exact) mass is 319 g/mol. The molecule has 1 N–H and O–H groups in total. The highest BCUT2D eigenvalue weighted by molar-refractivity contribution is 7.15. The maximum atomic E-state index is 12.4. The van der Waals surface area contributed by atoms with Crippen LogP contribution in [0.3, 0.4) is 0 Å². The molecule has 1 aliphatic carbocycles. The highest BCUT2D eigenvalue weighted by Gasteiger charge is 2.32. The fourth-order valence-electron chi connectivity index (χ4n) is 2.32. The van der Waals surface area contributed by atoms with Crippen molar-refractivity contribution in [3.05, 3.63) is 35.0 Å². The van der Waals surface area contributed by atoms with Gasteiger partial charge in [0.1, 0.15) is 11.0 Å². The Morgan fingerprint density at radius 2 is 2.27 bits per heavy atom. The predicted octanol–water partition coefficient (Wildman–Crippen LogP) is 2.81. The second kappa shape index (κ2) is 5.92. The number of carbonyl (C=O) groups excluding carboxylic acids is 2. The van der Waals surface area contributed by atoms with Crippen LogP contribution in [0.15, 0.2) is 23.8 Å². The van der Waals surface area contributed by atoms with Gasteiger partial charge in [0.2, 0.25) is 5.91 Å². The van der Waals surface area contributed by atoms with Gasteiger partial charge >= 0.3 is 5.97 Å². The van der Waals surface area contributed by atoms with Gasteiger partial charge in [-0.3, -0.25) is 9.48 Å². The number of ether oxygens (including phenoxy) is 1. The molecule has 0 aromatic carbocycles. The highest BCUT2D eigenvalue weighted by Crippen LogP contribution is 2.46. The molecule has 1 fully saturated rings. The average Bonchev–Trinajstić information content (AvgIpc) is 3.06. The fraction of sp³-hybridized carbons (Fsp3) is 0.400. The van der Waals surface area contributed by atoms with Crippen molar-refractivity contribution in [2.75, 3.05) is 12.4 Å². The SMILES string of the molecule is COC(=O)c1c(C2CC2)csc1NC(=O)C(C)n1cccn1. The van der Waals surface area contributed by atoms with Gasteiger partial charge in [0.15, 0.2) is 0 Å². The number of hydrogen-bond acceptors (Lipinski definition) is 5. The summed E-state index contributed by atoms with van der Waals surface area (Å²) in [4.78, 5) is 24.4. The van der Waals surface area contributed by atoms with Crippen LogP contribution in [0.25, 0.3) is 0 Å². The van der Waals surface area contributed by atoms with Crippen molar-refractivity contribution in [2.24, 2.45) is 0 Å². The summed E-state index contributed by atoms with van der Waals surface area (Å²) in [6, 6.07) is 1.31. The quantitative estimate of drug-likeness (QED) is 0.860. The number of aromatic nitrogens is 2. The number of nitrogens with zero attached hydrogens (tertiary/aromatic N) is 2. The molecule has 0 bridgehead atoms. The van der Waals surface area contributed by atoms with Crippen LogP contribution in [0.1, 0.15) is 47.6 Å². The molecule has 22 heavy (non-hydrogen) atoms. The molecule has 0 aliphatic heterocycles. The molecule has 3 rings (SSSR count). The molecular formula is C15H17N3O3S. The van der Waals surface area contributed by atoms with Crippen LogP contribution in [0.4, 0.5) is 5.00 Å². The molecule has 6 nitrogen and oxygen atoms in total. The molecular weight excluding hydrogens is 302 g/mol. The zero-order chi connectivity index (χ0) is 15.7. The number of methoxy groups -OCH3 is 1. The van der Waals surface area contributed by atoms with Crippen LogP contribution < -0.4 is 5.32 Å². The van der Waals surface area contributed by atoms with Crippen molar-refractivity contribution in [1.29, 1.82) is 0 Å². The minimum Gasteiger partial charge on any atom is -0.465 e. The van der Waals surface area contributed by atoms with E-state index in [1.165, 1.54) is 18.4 Å². The second-order valence-corrected chi connectivity index (χ2v) is 6.19. The number of esters is 1. The zero-order valence-corrected chi connectivity index (χ0v) is 13.2. The minimum atomic E-state index is -0.452. The van der Waals surface area contributed by atoms with Crippen molar-refractivity contribution in [3.8, 4) is 0 Å². The molecule has 1 unspecified atom stereocenters. The molecule has 0 saturated heterocycles. The lowest BCUT2D eigenvalue weighted by atomic mass is 10.1. The van der Waals surface area contributed by atoms with Gasteiger partial charge in [-0.1, -0.05) is 0 Å². The summed E-state index contributed by atoms with van der Waals surface area (Å²) in [6.45, 7) is 1.76. The summed E-state index contributed by atoms with van der Waals surface area (Å²) < 4.78 is 6.44. The highest BCUT2D eigenvalue weighted by atomic mass is 32.1. The molecule has 2 aromatic heterocycles. The Morgan fingerprint density at radius 1 is 1.50 bits per heavy atom. The Labute approximate surface area is 132 Å². The maximum absolute atomic E-state index is 12.4. The third-order valence-electron chi connectivity index (χ3n) is 3.76. The molecule has 2 aromatic rings. The summed E-state index contributed by atoms with van der Waals surface area (Å²) in [5, 5.41) is 9.39. The van der Waals surface area contributed by atoms with Crippen molar-refractivity contribution in [2.45, 2.75) is 31.7 Å². The van der Waals surface area contributed by atoms with E-state index in [0.29, 0.717) is 16.5 Å². The lowest BCUT2D eigenvalue weighted by molar-refractivity contribution is -0.119. The summed E-state index contributed by atoms with van der Waals surface area (Å²) in [6.07, 6.45) is 5.52. The topological polar surface area (TPSA) is 73.2 Å². The van der Waals surface area contributed by atoms with Gasteiger partial charge in [-0.2, -0.15) is 5.10 Å². The summed E-state index contributed by atoms with van der Waals surface area (Å²) in [7, 11) is 1.36. The molecule has 0 radical (unpaired) electrons. The van der Waals surface area contributed by atoms with Crippen molar-refractivity contribution in [3.63, 3.8) is 0 Å². The number of rotatable bonds is 5. The number of thiophene rings is 1. The van der Waals surface area contributed by atoms with Gasteiger partial charge in [0.25, 0.3) is 0 Å². The zero-order valence-electron chi connectivity index (χ0n) is 12.4. The number of anilines is 1. The fourth-order valence-corrected chi connectivity index (χ4v) is 3.35. The van der Waals surface area contributed by atoms with E-state index in [4.69, 9.17) is 4.74 Å². The van der Waals surface area contributed by atoms with Crippen LogP contribution >= 0.6 is 11.3 Å². The molecule has 2 heterocycles. The molecule has 1 saturated carbocycles. The van der Waals surface area contributed by atoms with E-state index in [2.05, 4.69) is 10.4 Å². The van der Waals surface area contributed by atoms with Gasteiger partial charge < -0.3 is 10.1 Å². The molecule has 7 heteroatoms. The van der Waals surface area contributed by atoms with E-state index >= 15 is 0 Å². The first-order valence-corrected chi connectivity index (χ1v) is 7.99. The van der Waals surface area contributed by atoms with Gasteiger partial charge in [-0.15, -0.1) is 11.3 Å². The van der Waals surface area contributed by atoms with Gasteiger partial charge in [-0.05, 0) is 42.7 Å². The summed E-state index contributed by atoms with van der Waals surface area (Å²) in [5.41, 5.74) is 1.48. The maximum Gasteiger partial charge on any atom is 0.341 e. The Morgan fingerprint density at radius 3 is 2.86 bits per heavy atom. The van der Waals surface area contributed by atoms with E-state index in [9.17, 15) is 9.59 Å². The summed E-state index contributed by atoms with van der Waals surface area (Å²) in [5.74, 6) is -0.192. The van der Waals surface area contributed by atoms with Crippen molar-refractivity contribution in [1.82, 2.24) is 9.78 Å². The smallest absolute Gasteiger partial charge is 0.341 e. The van der Waals surface area contributed by atoms with Crippen LogP contribution in [-0.2, 0) is 9.53 Å². The Balaban J connectivity index is 1.82. The lowest BCUT2D eigenvalue weighted by Crippen LogP contribution is -2.24. The Hall–Kier alpha value is -2.15. The second-order valence-electron chi connectivity index (χ2n) is 5.31. The van der Waals surface area contributed by atoms with E-state index in [-0.39, 0.29) is 5.91 Å². The number of carbonyl (C=O) groups is 2. The molecule has 1 amide bonds. The standard InChI is InChI=1S/C15H17N3O3S/c1-9(18-7-3-6-16-18)13(19)17-14-12(15(20)21-2)11(8-22-14)10-4-5-10/h3,6-10H,4-5H2,1-2H3,(H,17,19). The van der Waals surface area contributed by atoms with E-state index in [1.54, 1.807) is 30.1 Å². The van der Waals surface area contributed by atoms with Gasteiger partial charge in [0.05, 0.1) is 12.7 Å². The van der Waals surface area contributed by atoms with Gasteiger partial charge in [-0.25, -0.2) is 4.79 Å². The Kier molecular flexibility index (Phi) is 3.98. The number of hydrogen-bond donors (Lipinski definition) is 1. The predicted molar refractivity (Wildman–Crippen MR) is 83.2 cm³/mol. The minimum absolute atomic E-state index is 0.210. The van der Waals surface area contributed by atoms with Crippen LogP contribution in [0.2, 0.25) is 0 Å². The van der Waals surface area contributed by atoms with E-state index in [0.717, 1.165) is 18.4 Å². The number of nitrogens with one attached hydrogen (secondary N) is 1. The molecule has 1 atom stereocenters. The normalized spacial score (nSPS) is 15.4. The van der Waals surface area contributed by atoms with Crippen LogP contribution in [0, 0.1) is 0 Å². The largest absolute Gasteiger partial charge is 0.465 e.